The Morgan fingerprint density at radius 2 is 1.96 bits per heavy atom. The molecule has 0 radical (unpaired) electrons. The van der Waals surface area contributed by atoms with Crippen LogP contribution in [0.1, 0.15) is 18.1 Å². The third-order valence-electron chi connectivity index (χ3n) is 3.19. The summed E-state index contributed by atoms with van der Waals surface area (Å²) in [6, 6.07) is 7.52. The third kappa shape index (κ3) is 6.38. The Bertz CT molecular complexity index is 819. The van der Waals surface area contributed by atoms with Gasteiger partial charge in [-0.15, -0.1) is 10.2 Å². The van der Waals surface area contributed by atoms with Crippen LogP contribution >= 0.6 is 23.1 Å². The van der Waals surface area contributed by atoms with Gasteiger partial charge in [-0.1, -0.05) is 59.9 Å². The number of nitrogens with one attached hydrogen (secondary N) is 1. The standard InChI is InChI=1S/C15H20N4O3S3/c1-4-23-15-18-17-14(24-15)16-13(20)10-19(25(3,21)22)9-12-7-5-11(2)6-8-12/h5-8H,4,9-10H2,1-3H3,(H,16,17,20). The lowest BCUT2D eigenvalue weighted by Gasteiger charge is -2.19. The normalized spacial score (nSPS) is 11.7. The second kappa shape index (κ2) is 8.75. The average Bonchev–Trinajstić information content (AvgIpc) is 2.95. The van der Waals surface area contributed by atoms with Gasteiger partial charge >= 0.3 is 0 Å². The van der Waals surface area contributed by atoms with Crippen LogP contribution in [-0.4, -0.2) is 47.4 Å². The fraction of sp³-hybridized carbons (Fsp3) is 0.400. The zero-order valence-electron chi connectivity index (χ0n) is 14.2. The van der Waals surface area contributed by atoms with E-state index in [1.165, 1.54) is 23.1 Å². The largest absolute Gasteiger partial charge is 0.299 e. The van der Waals surface area contributed by atoms with Crippen molar-refractivity contribution >= 4 is 44.2 Å². The lowest BCUT2D eigenvalue weighted by molar-refractivity contribution is -0.116. The molecule has 0 spiro atoms. The quantitative estimate of drug-likeness (QED) is 0.540. The van der Waals surface area contributed by atoms with E-state index in [4.69, 9.17) is 0 Å². The molecule has 1 amide bonds. The number of nitrogens with zero attached hydrogens (tertiary/aromatic N) is 3. The van der Waals surface area contributed by atoms with Crippen molar-refractivity contribution in [3.8, 4) is 0 Å². The molecule has 136 valence electrons. The number of sulfonamides is 1. The van der Waals surface area contributed by atoms with Crippen molar-refractivity contribution in [3.63, 3.8) is 0 Å². The molecule has 1 heterocycles. The fourth-order valence-electron chi connectivity index (χ4n) is 1.95. The molecule has 0 aliphatic rings. The number of aryl methyl sites for hydroxylation is 1. The Balaban J connectivity index is 2.03. The molecule has 1 aromatic carbocycles. The van der Waals surface area contributed by atoms with Gasteiger partial charge in [0.1, 0.15) is 0 Å². The summed E-state index contributed by atoms with van der Waals surface area (Å²) in [6.45, 7) is 3.82. The van der Waals surface area contributed by atoms with E-state index in [2.05, 4.69) is 15.5 Å². The second-order valence-electron chi connectivity index (χ2n) is 5.37. The molecule has 1 aromatic heterocycles. The van der Waals surface area contributed by atoms with Crippen molar-refractivity contribution in [3.05, 3.63) is 35.4 Å². The van der Waals surface area contributed by atoms with Crippen LogP contribution < -0.4 is 5.32 Å². The molecule has 10 heteroatoms. The Labute approximate surface area is 155 Å². The van der Waals surface area contributed by atoms with E-state index in [9.17, 15) is 13.2 Å². The number of benzene rings is 1. The van der Waals surface area contributed by atoms with E-state index in [0.29, 0.717) is 5.13 Å². The summed E-state index contributed by atoms with van der Waals surface area (Å²) in [5, 5.41) is 10.8. The van der Waals surface area contributed by atoms with Gasteiger partial charge < -0.3 is 0 Å². The molecule has 0 aliphatic heterocycles. The Morgan fingerprint density at radius 1 is 1.28 bits per heavy atom. The van der Waals surface area contributed by atoms with Crippen LogP contribution in [0.4, 0.5) is 5.13 Å². The van der Waals surface area contributed by atoms with Crippen molar-refractivity contribution in [2.24, 2.45) is 0 Å². The highest BCUT2D eigenvalue weighted by atomic mass is 32.2. The Hall–Kier alpha value is -1.49. The number of hydrogen-bond acceptors (Lipinski definition) is 7. The smallest absolute Gasteiger partial charge is 0.241 e. The summed E-state index contributed by atoms with van der Waals surface area (Å²) >= 11 is 2.80. The number of aromatic nitrogens is 2. The van der Waals surface area contributed by atoms with E-state index in [0.717, 1.165) is 31.8 Å². The zero-order chi connectivity index (χ0) is 18.4. The molecule has 1 N–H and O–H groups in total. The van der Waals surface area contributed by atoms with Gasteiger partial charge in [-0.2, -0.15) is 4.31 Å². The van der Waals surface area contributed by atoms with Crippen LogP contribution in [0.3, 0.4) is 0 Å². The van der Waals surface area contributed by atoms with Gasteiger partial charge in [0.15, 0.2) is 4.34 Å². The number of hydrogen-bond donors (Lipinski definition) is 1. The van der Waals surface area contributed by atoms with Gasteiger partial charge in [-0.25, -0.2) is 8.42 Å². The maximum Gasteiger partial charge on any atom is 0.241 e. The number of thioether (sulfide) groups is 1. The molecule has 0 fully saturated rings. The molecule has 25 heavy (non-hydrogen) atoms. The van der Waals surface area contributed by atoms with Crippen LogP contribution in [0.5, 0.6) is 0 Å². The van der Waals surface area contributed by atoms with E-state index in [-0.39, 0.29) is 13.1 Å². The summed E-state index contributed by atoms with van der Waals surface area (Å²) in [6.07, 6.45) is 1.09. The minimum absolute atomic E-state index is 0.138. The molecule has 0 atom stereocenters. The first kappa shape index (κ1) is 19.8. The molecule has 2 aromatic rings. The second-order valence-corrected chi connectivity index (χ2v) is 9.84. The first-order chi connectivity index (χ1) is 11.8. The van der Waals surface area contributed by atoms with Crippen molar-refractivity contribution in [2.45, 2.75) is 24.7 Å². The molecule has 2 rings (SSSR count). The minimum Gasteiger partial charge on any atom is -0.299 e. The monoisotopic (exact) mass is 400 g/mol. The Morgan fingerprint density at radius 3 is 2.56 bits per heavy atom. The van der Waals surface area contributed by atoms with E-state index >= 15 is 0 Å². The van der Waals surface area contributed by atoms with Crippen molar-refractivity contribution < 1.29 is 13.2 Å². The summed E-state index contributed by atoms with van der Waals surface area (Å²) in [5.74, 6) is 0.419. The van der Waals surface area contributed by atoms with E-state index in [1.807, 2.05) is 38.1 Å². The maximum atomic E-state index is 12.2. The maximum absolute atomic E-state index is 12.2. The van der Waals surface area contributed by atoms with Crippen LogP contribution in [0.25, 0.3) is 0 Å². The third-order valence-corrected chi connectivity index (χ3v) is 6.24. The number of amides is 1. The van der Waals surface area contributed by atoms with Crippen molar-refractivity contribution in [1.82, 2.24) is 14.5 Å². The lowest BCUT2D eigenvalue weighted by atomic mass is 10.1. The van der Waals surface area contributed by atoms with Crippen LogP contribution in [0.2, 0.25) is 0 Å². The van der Waals surface area contributed by atoms with Crippen molar-refractivity contribution in [1.29, 1.82) is 0 Å². The van der Waals surface area contributed by atoms with Gasteiger partial charge in [0, 0.05) is 6.54 Å². The molecule has 0 saturated heterocycles. The number of carbonyl (C=O) groups excluding carboxylic acids is 1. The minimum atomic E-state index is -3.53. The van der Waals surface area contributed by atoms with Crippen LogP contribution in [0.15, 0.2) is 28.6 Å². The molecule has 0 bridgehead atoms. The SMILES string of the molecule is CCSc1nnc(NC(=O)CN(Cc2ccc(C)cc2)S(C)(=O)=O)s1. The highest BCUT2D eigenvalue weighted by Crippen LogP contribution is 2.25. The number of anilines is 1. The van der Waals surface area contributed by atoms with Gasteiger partial charge in [-0.05, 0) is 18.2 Å². The van der Waals surface area contributed by atoms with Gasteiger partial charge in [-0.3, -0.25) is 10.1 Å². The molecule has 0 saturated carbocycles. The van der Waals surface area contributed by atoms with Crippen LogP contribution in [0, 0.1) is 6.92 Å². The first-order valence-electron chi connectivity index (χ1n) is 7.54. The molecule has 0 aliphatic carbocycles. The molecule has 0 unspecified atom stereocenters. The highest BCUT2D eigenvalue weighted by Gasteiger charge is 2.21. The van der Waals surface area contributed by atoms with Gasteiger partial charge in [0.05, 0.1) is 12.8 Å². The molecular formula is C15H20N4O3S3. The van der Waals surface area contributed by atoms with Gasteiger partial charge in [0.2, 0.25) is 21.1 Å². The highest BCUT2D eigenvalue weighted by molar-refractivity contribution is 8.01. The van der Waals surface area contributed by atoms with E-state index in [1.54, 1.807) is 0 Å². The lowest BCUT2D eigenvalue weighted by Crippen LogP contribution is -2.36. The Kier molecular flexibility index (Phi) is 6.94. The fourth-order valence-corrected chi connectivity index (χ4v) is 4.35. The topological polar surface area (TPSA) is 92.3 Å². The predicted molar refractivity (Wildman–Crippen MR) is 101 cm³/mol. The summed E-state index contributed by atoms with van der Waals surface area (Å²) < 4.78 is 25.9. The first-order valence-corrected chi connectivity index (χ1v) is 11.2. The number of carbonyl (C=O) groups is 1. The van der Waals surface area contributed by atoms with Crippen molar-refractivity contribution in [2.75, 3.05) is 23.9 Å². The molecular weight excluding hydrogens is 380 g/mol. The zero-order valence-corrected chi connectivity index (χ0v) is 16.7. The predicted octanol–water partition coefficient (Wildman–Crippen LogP) is 2.36. The molecule has 7 nitrogen and oxygen atoms in total. The van der Waals surface area contributed by atoms with E-state index < -0.39 is 15.9 Å². The number of rotatable bonds is 8. The van der Waals surface area contributed by atoms with Gasteiger partial charge in [0.25, 0.3) is 0 Å². The summed E-state index contributed by atoms with van der Waals surface area (Å²) in [5.41, 5.74) is 1.91. The summed E-state index contributed by atoms with van der Waals surface area (Å²) in [7, 11) is -3.53. The van der Waals surface area contributed by atoms with Crippen LogP contribution in [-0.2, 0) is 21.4 Å². The average molecular weight is 401 g/mol. The summed E-state index contributed by atoms with van der Waals surface area (Å²) in [4.78, 5) is 12.2.